The predicted octanol–water partition coefficient (Wildman–Crippen LogP) is 4.13. The van der Waals surface area contributed by atoms with Gasteiger partial charge in [0.1, 0.15) is 10.8 Å². The smallest absolute Gasteiger partial charge is 0.444 e. The molecule has 1 fully saturated rings. The van der Waals surface area contributed by atoms with E-state index in [1.165, 1.54) is 0 Å². The molecule has 0 radical (unpaired) electrons. The molecule has 158 valence electrons. The van der Waals surface area contributed by atoms with Gasteiger partial charge in [0, 0.05) is 37.6 Å². The molecule has 3 heterocycles. The van der Waals surface area contributed by atoms with Crippen molar-refractivity contribution in [3.8, 4) is 11.3 Å². The molecule has 2 aromatic heterocycles. The van der Waals surface area contributed by atoms with Crippen LogP contribution in [0.15, 0.2) is 24.5 Å². The molecule has 1 amide bonds. The number of hydrogen-bond acceptors (Lipinski definition) is 5. The van der Waals surface area contributed by atoms with Crippen molar-refractivity contribution in [2.24, 2.45) is 0 Å². The van der Waals surface area contributed by atoms with Crippen LogP contribution < -0.4 is 4.90 Å². The molecular formula is C18H21ClF3N5O2. The minimum absolute atomic E-state index is 0.0479. The maximum Gasteiger partial charge on any atom is 0.504 e. The second-order valence-electron chi connectivity index (χ2n) is 7.82. The van der Waals surface area contributed by atoms with Crippen LogP contribution in [-0.4, -0.2) is 57.5 Å². The van der Waals surface area contributed by atoms with Crippen LogP contribution in [-0.2, 0) is 11.0 Å². The number of alkyl halides is 3. The Balaban J connectivity index is 1.71. The van der Waals surface area contributed by atoms with Gasteiger partial charge >= 0.3 is 12.4 Å². The number of rotatable bonds is 3. The average molecular weight is 432 g/mol. The zero-order valence-electron chi connectivity index (χ0n) is 16.4. The Morgan fingerprint density at radius 3 is 2.48 bits per heavy atom. The normalized spacial score (nSPS) is 15.2. The van der Waals surface area contributed by atoms with Gasteiger partial charge < -0.3 is 14.5 Å². The number of halogens is 4. The Kier molecular flexibility index (Phi) is 5.42. The quantitative estimate of drug-likeness (QED) is 0.684. The van der Waals surface area contributed by atoms with Gasteiger partial charge in [0.25, 0.3) is 0 Å². The van der Waals surface area contributed by atoms with Crippen LogP contribution in [0.1, 0.15) is 20.8 Å². The number of aromatic nitrogens is 3. The van der Waals surface area contributed by atoms with E-state index in [4.69, 9.17) is 16.3 Å². The Hall–Kier alpha value is -2.49. The fraction of sp³-hybridized carbons (Fsp3) is 0.500. The minimum atomic E-state index is -4.60. The van der Waals surface area contributed by atoms with Crippen LogP contribution in [0.25, 0.3) is 11.3 Å². The van der Waals surface area contributed by atoms with Crippen molar-refractivity contribution in [3.63, 3.8) is 0 Å². The molecule has 1 aliphatic heterocycles. The van der Waals surface area contributed by atoms with Gasteiger partial charge in [-0.25, -0.2) is 9.78 Å². The first kappa shape index (κ1) is 21.2. The van der Waals surface area contributed by atoms with E-state index in [0.29, 0.717) is 18.8 Å². The Labute approximate surface area is 171 Å². The number of amides is 1. The third-order valence-electron chi connectivity index (χ3n) is 4.37. The molecule has 0 saturated carbocycles. The molecule has 0 unspecified atom stereocenters. The van der Waals surface area contributed by atoms with Gasteiger partial charge in [-0.3, -0.25) is 0 Å². The fourth-order valence-electron chi connectivity index (χ4n) is 2.80. The van der Waals surface area contributed by atoms with Crippen molar-refractivity contribution < 1.29 is 22.7 Å². The lowest BCUT2D eigenvalue weighted by molar-refractivity contribution is -0.212. The maximum atomic E-state index is 12.8. The highest BCUT2D eigenvalue weighted by Gasteiger charge is 2.35. The van der Waals surface area contributed by atoms with E-state index in [-0.39, 0.29) is 27.1 Å². The molecule has 7 nitrogen and oxygen atoms in total. The molecule has 0 aliphatic carbocycles. The molecule has 0 bridgehead atoms. The zero-order chi connectivity index (χ0) is 21.6. The third-order valence-corrected chi connectivity index (χ3v) is 4.57. The first-order valence-electron chi connectivity index (χ1n) is 8.84. The number of carbonyl (C=O) groups excluding carboxylic acids is 1. The summed E-state index contributed by atoms with van der Waals surface area (Å²) >= 11 is 6.07. The van der Waals surface area contributed by atoms with E-state index < -0.39 is 18.0 Å². The van der Waals surface area contributed by atoms with Gasteiger partial charge in [-0.15, -0.1) is 13.2 Å². The van der Waals surface area contributed by atoms with Crippen LogP contribution in [0.5, 0.6) is 0 Å². The summed E-state index contributed by atoms with van der Waals surface area (Å²) in [4.78, 5) is 19.8. The Bertz CT molecular complexity index is 904. The van der Waals surface area contributed by atoms with Crippen molar-refractivity contribution in [2.75, 3.05) is 25.0 Å². The Morgan fingerprint density at radius 1 is 1.28 bits per heavy atom. The molecule has 1 saturated heterocycles. The number of nitrogens with zero attached hydrogens (tertiary/aromatic N) is 5. The first-order valence-corrected chi connectivity index (χ1v) is 9.22. The van der Waals surface area contributed by atoms with E-state index in [1.54, 1.807) is 44.9 Å². The summed E-state index contributed by atoms with van der Waals surface area (Å²) in [5.74, 6) is 0. The van der Waals surface area contributed by atoms with Crippen molar-refractivity contribution in [1.29, 1.82) is 0 Å². The minimum Gasteiger partial charge on any atom is -0.444 e. The highest BCUT2D eigenvalue weighted by molar-refractivity contribution is 6.29. The SMILES string of the molecule is CN(C(=O)OC(C)(C)C)C1CN(c2cc(Cl)nc(-c3cnn(C(F)(F)F)c3)c2)C1. The van der Waals surface area contributed by atoms with Crippen molar-refractivity contribution in [2.45, 2.75) is 38.7 Å². The van der Waals surface area contributed by atoms with E-state index in [0.717, 1.165) is 12.4 Å². The van der Waals surface area contributed by atoms with E-state index in [1.807, 2.05) is 4.90 Å². The topological polar surface area (TPSA) is 63.5 Å². The van der Waals surface area contributed by atoms with Crippen molar-refractivity contribution in [1.82, 2.24) is 19.7 Å². The number of hydrogen-bond donors (Lipinski definition) is 0. The van der Waals surface area contributed by atoms with E-state index >= 15 is 0 Å². The molecule has 0 atom stereocenters. The number of carbonyl (C=O) groups is 1. The van der Waals surface area contributed by atoms with Crippen molar-refractivity contribution in [3.05, 3.63) is 29.7 Å². The molecule has 11 heteroatoms. The largest absolute Gasteiger partial charge is 0.504 e. The zero-order valence-corrected chi connectivity index (χ0v) is 17.1. The number of pyridine rings is 1. The standard InChI is InChI=1S/C18H21ClF3N5O2/c1-17(2,3)29-16(28)25(4)13-9-26(10-13)12-5-14(24-15(19)6-12)11-7-23-27(8-11)18(20,21)22/h5-8,13H,9-10H2,1-4H3. The van der Waals surface area contributed by atoms with E-state index in [9.17, 15) is 18.0 Å². The lowest BCUT2D eigenvalue weighted by Gasteiger charge is -2.45. The molecule has 2 aromatic rings. The van der Waals surface area contributed by atoms with Gasteiger partial charge in [-0.05, 0) is 32.9 Å². The molecule has 29 heavy (non-hydrogen) atoms. The number of anilines is 1. The van der Waals surface area contributed by atoms with Crippen LogP contribution in [0, 0.1) is 0 Å². The van der Waals surface area contributed by atoms with Crippen LogP contribution >= 0.6 is 11.6 Å². The highest BCUT2D eigenvalue weighted by atomic mass is 35.5. The highest BCUT2D eigenvalue weighted by Crippen LogP contribution is 2.31. The average Bonchev–Trinajstić information content (AvgIpc) is 3.01. The summed E-state index contributed by atoms with van der Waals surface area (Å²) in [7, 11) is 1.67. The second kappa shape index (κ2) is 7.40. The predicted molar refractivity (Wildman–Crippen MR) is 102 cm³/mol. The van der Waals surface area contributed by atoms with Crippen LogP contribution in [0.3, 0.4) is 0 Å². The lowest BCUT2D eigenvalue weighted by atomic mass is 10.1. The molecule has 3 rings (SSSR count). The summed E-state index contributed by atoms with van der Waals surface area (Å²) in [6, 6.07) is 3.23. The van der Waals surface area contributed by atoms with E-state index in [2.05, 4.69) is 10.1 Å². The summed E-state index contributed by atoms with van der Waals surface area (Å²) < 4.78 is 43.5. The van der Waals surface area contributed by atoms with Gasteiger partial charge in [-0.2, -0.15) is 9.78 Å². The lowest BCUT2D eigenvalue weighted by Crippen LogP contribution is -2.60. The first-order chi connectivity index (χ1) is 13.3. The summed E-state index contributed by atoms with van der Waals surface area (Å²) in [5, 5.41) is 3.48. The second-order valence-corrected chi connectivity index (χ2v) is 8.21. The molecular weight excluding hydrogens is 411 g/mol. The van der Waals surface area contributed by atoms with Gasteiger partial charge in [0.15, 0.2) is 0 Å². The Morgan fingerprint density at radius 2 is 1.93 bits per heavy atom. The summed E-state index contributed by atoms with van der Waals surface area (Å²) in [6.45, 7) is 6.47. The summed E-state index contributed by atoms with van der Waals surface area (Å²) in [5.41, 5.74) is 0.609. The van der Waals surface area contributed by atoms with Crippen LogP contribution in [0.4, 0.5) is 23.7 Å². The molecule has 0 aromatic carbocycles. The maximum absolute atomic E-state index is 12.8. The van der Waals surface area contributed by atoms with Crippen LogP contribution in [0.2, 0.25) is 5.15 Å². The van der Waals surface area contributed by atoms with Crippen molar-refractivity contribution >= 4 is 23.4 Å². The molecule has 1 aliphatic rings. The number of likely N-dealkylation sites (N-methyl/N-ethyl adjacent to an activating group) is 1. The summed E-state index contributed by atoms with van der Waals surface area (Å²) in [6.07, 6.45) is -3.06. The molecule has 0 spiro atoms. The third kappa shape index (κ3) is 4.92. The monoisotopic (exact) mass is 431 g/mol. The van der Waals surface area contributed by atoms with Gasteiger partial charge in [-0.1, -0.05) is 11.6 Å². The number of ether oxygens (including phenoxy) is 1. The van der Waals surface area contributed by atoms with Gasteiger partial charge in [0.05, 0.1) is 17.9 Å². The fourth-order valence-corrected chi connectivity index (χ4v) is 3.00. The van der Waals surface area contributed by atoms with Gasteiger partial charge in [0.2, 0.25) is 0 Å². The molecule has 0 N–H and O–H groups in total.